The van der Waals surface area contributed by atoms with Gasteiger partial charge in [0.15, 0.2) is 0 Å². The van der Waals surface area contributed by atoms with E-state index in [1.807, 2.05) is 36.1 Å². The van der Waals surface area contributed by atoms with Crippen LogP contribution in [0, 0.1) is 6.92 Å². The number of carbonyl (C=O) groups is 1. The van der Waals surface area contributed by atoms with E-state index in [4.69, 9.17) is 0 Å². The maximum atomic E-state index is 12.5. The van der Waals surface area contributed by atoms with E-state index in [1.165, 1.54) is 11.1 Å². The van der Waals surface area contributed by atoms with Gasteiger partial charge in [0.2, 0.25) is 5.91 Å². The minimum Gasteiger partial charge on any atom is -0.311 e. The molecule has 5 nitrogen and oxygen atoms in total. The Hall–Kier alpha value is -2.95. The molecular weight excluding hydrogens is 336 g/mol. The molecule has 2 heterocycles. The van der Waals surface area contributed by atoms with Gasteiger partial charge in [0, 0.05) is 24.4 Å². The van der Waals surface area contributed by atoms with Gasteiger partial charge in [-0.25, -0.2) is 4.68 Å². The first-order chi connectivity index (χ1) is 13.2. The van der Waals surface area contributed by atoms with Crippen molar-refractivity contribution >= 4 is 11.7 Å². The number of hydrogen-bond donors (Lipinski definition) is 1. The topological polar surface area (TPSA) is 59.8 Å². The maximum Gasteiger partial charge on any atom is 0.225 e. The largest absolute Gasteiger partial charge is 0.311 e. The number of nitrogens with zero attached hydrogens (tertiary/aromatic N) is 3. The summed E-state index contributed by atoms with van der Waals surface area (Å²) in [6.45, 7) is 2.00. The molecule has 0 fully saturated rings. The highest BCUT2D eigenvalue weighted by atomic mass is 16.1. The van der Waals surface area contributed by atoms with Crippen LogP contribution in [0.25, 0.3) is 0 Å². The molecule has 27 heavy (non-hydrogen) atoms. The Balaban J connectivity index is 1.52. The lowest BCUT2D eigenvalue weighted by atomic mass is 9.88. The molecule has 0 aliphatic heterocycles. The van der Waals surface area contributed by atoms with Crippen LogP contribution in [0.4, 0.5) is 5.82 Å². The maximum absolute atomic E-state index is 12.5. The highest BCUT2D eigenvalue weighted by Crippen LogP contribution is 2.35. The van der Waals surface area contributed by atoms with Gasteiger partial charge >= 0.3 is 0 Å². The molecule has 138 valence electrons. The fourth-order valence-corrected chi connectivity index (χ4v) is 3.82. The van der Waals surface area contributed by atoms with Gasteiger partial charge in [-0.3, -0.25) is 9.78 Å². The third kappa shape index (κ3) is 3.77. The minimum absolute atomic E-state index is 0.00722. The van der Waals surface area contributed by atoms with Crippen LogP contribution in [0.5, 0.6) is 0 Å². The minimum atomic E-state index is 0.00722. The highest BCUT2D eigenvalue weighted by Gasteiger charge is 2.25. The average molecular weight is 360 g/mol. The smallest absolute Gasteiger partial charge is 0.225 e. The number of hydrogen-bond acceptors (Lipinski definition) is 3. The standard InChI is InChI=1S/C22H24N4O/c1-16-14-24-26(20-10-4-8-18-7-2-3-9-19(18)20)22(16)25-21(27)12-11-17-6-5-13-23-15-17/h2-3,5-7,9,13-15,20H,4,8,10-12H2,1H3,(H,25,27)/t20-/m0/s1. The summed E-state index contributed by atoms with van der Waals surface area (Å²) in [4.78, 5) is 16.6. The molecule has 0 saturated carbocycles. The van der Waals surface area contributed by atoms with Gasteiger partial charge in [-0.2, -0.15) is 5.10 Å². The second-order valence-corrected chi connectivity index (χ2v) is 7.14. The molecule has 1 N–H and O–H groups in total. The van der Waals surface area contributed by atoms with Crippen molar-refractivity contribution in [3.05, 3.63) is 77.2 Å². The molecule has 0 bridgehead atoms. The zero-order valence-electron chi connectivity index (χ0n) is 15.6. The highest BCUT2D eigenvalue weighted by molar-refractivity contribution is 5.90. The van der Waals surface area contributed by atoms with Crippen molar-refractivity contribution in [1.82, 2.24) is 14.8 Å². The van der Waals surface area contributed by atoms with Crippen molar-refractivity contribution in [3.8, 4) is 0 Å². The molecule has 3 aromatic rings. The van der Waals surface area contributed by atoms with Crippen LogP contribution in [0.15, 0.2) is 55.0 Å². The van der Waals surface area contributed by atoms with E-state index in [9.17, 15) is 4.79 Å². The van der Waals surface area contributed by atoms with Gasteiger partial charge in [0.05, 0.1) is 12.2 Å². The third-order valence-electron chi connectivity index (χ3n) is 5.23. The summed E-state index contributed by atoms with van der Waals surface area (Å²) < 4.78 is 2.00. The van der Waals surface area contributed by atoms with Crippen molar-refractivity contribution in [1.29, 1.82) is 0 Å². The van der Waals surface area contributed by atoms with Crippen molar-refractivity contribution < 1.29 is 4.79 Å². The number of pyridine rings is 1. The summed E-state index contributed by atoms with van der Waals surface area (Å²) in [5, 5.41) is 7.70. The Morgan fingerprint density at radius 2 is 2.11 bits per heavy atom. The molecule has 5 heteroatoms. The van der Waals surface area contributed by atoms with E-state index in [2.05, 4.69) is 39.7 Å². The number of rotatable bonds is 5. The number of nitrogens with one attached hydrogen (secondary N) is 1. The first-order valence-corrected chi connectivity index (χ1v) is 9.53. The Labute approximate surface area is 159 Å². The molecule has 0 unspecified atom stereocenters. The first-order valence-electron chi connectivity index (χ1n) is 9.53. The molecule has 1 aromatic carbocycles. The van der Waals surface area contributed by atoms with Gasteiger partial charge in [0.25, 0.3) is 0 Å². The molecule has 2 aromatic heterocycles. The molecule has 0 radical (unpaired) electrons. The molecule has 1 amide bonds. The number of aryl methyl sites for hydroxylation is 3. The molecule has 4 rings (SSSR count). The lowest BCUT2D eigenvalue weighted by Crippen LogP contribution is -2.22. The van der Waals surface area contributed by atoms with Crippen LogP contribution in [0.3, 0.4) is 0 Å². The number of benzene rings is 1. The van der Waals surface area contributed by atoms with Crippen LogP contribution >= 0.6 is 0 Å². The predicted molar refractivity (Wildman–Crippen MR) is 106 cm³/mol. The number of carbonyl (C=O) groups excluding carboxylic acids is 1. The molecule has 1 aliphatic carbocycles. The van der Waals surface area contributed by atoms with Gasteiger partial charge < -0.3 is 5.32 Å². The van der Waals surface area contributed by atoms with E-state index in [-0.39, 0.29) is 11.9 Å². The number of amides is 1. The van der Waals surface area contributed by atoms with Gasteiger partial charge in [-0.15, -0.1) is 0 Å². The lowest BCUT2D eigenvalue weighted by Gasteiger charge is -2.27. The van der Waals surface area contributed by atoms with E-state index < -0.39 is 0 Å². The zero-order chi connectivity index (χ0) is 18.6. The SMILES string of the molecule is Cc1cnn([C@H]2CCCc3ccccc32)c1NC(=O)CCc1cccnc1. The number of fused-ring (bicyclic) bond motifs is 1. The fraction of sp³-hybridized carbons (Fsp3) is 0.318. The summed E-state index contributed by atoms with van der Waals surface area (Å²) in [6, 6.07) is 12.6. The Bertz CT molecular complexity index is 932. The number of aromatic nitrogens is 3. The van der Waals surface area contributed by atoms with Crippen molar-refractivity contribution in [2.45, 2.75) is 45.1 Å². The van der Waals surface area contributed by atoms with E-state index >= 15 is 0 Å². The monoisotopic (exact) mass is 360 g/mol. The fourth-order valence-electron chi connectivity index (χ4n) is 3.82. The third-order valence-corrected chi connectivity index (χ3v) is 5.23. The van der Waals surface area contributed by atoms with E-state index in [1.54, 1.807) is 6.20 Å². The van der Waals surface area contributed by atoms with Crippen molar-refractivity contribution in [2.75, 3.05) is 5.32 Å². The quantitative estimate of drug-likeness (QED) is 0.746. The van der Waals surface area contributed by atoms with Gasteiger partial charge in [-0.1, -0.05) is 30.3 Å². The average Bonchev–Trinajstić information content (AvgIpc) is 3.07. The summed E-state index contributed by atoms with van der Waals surface area (Å²) in [6.07, 6.45) is 9.78. The molecule has 0 saturated heterocycles. The normalized spacial score (nSPS) is 16.0. The molecule has 1 aliphatic rings. The molecule has 0 spiro atoms. The van der Waals surface area contributed by atoms with Gasteiger partial charge in [-0.05, 0) is 55.4 Å². The van der Waals surface area contributed by atoms with Crippen molar-refractivity contribution in [2.24, 2.45) is 0 Å². The Kier molecular flexibility index (Phi) is 5.01. The summed E-state index contributed by atoms with van der Waals surface area (Å²) >= 11 is 0. The van der Waals surface area contributed by atoms with Crippen molar-refractivity contribution in [3.63, 3.8) is 0 Å². The van der Waals surface area contributed by atoms with Crippen LogP contribution in [0.2, 0.25) is 0 Å². The van der Waals surface area contributed by atoms with E-state index in [0.29, 0.717) is 12.8 Å². The van der Waals surface area contributed by atoms with E-state index in [0.717, 1.165) is 36.2 Å². The predicted octanol–water partition coefficient (Wildman–Crippen LogP) is 4.08. The Morgan fingerprint density at radius 1 is 1.22 bits per heavy atom. The van der Waals surface area contributed by atoms with Crippen LogP contribution in [-0.2, 0) is 17.6 Å². The summed E-state index contributed by atoms with van der Waals surface area (Å²) in [5.41, 5.74) is 4.76. The van der Waals surface area contributed by atoms with Crippen LogP contribution in [0.1, 0.15) is 47.6 Å². The van der Waals surface area contributed by atoms with Gasteiger partial charge in [0.1, 0.15) is 5.82 Å². The van der Waals surface area contributed by atoms with Crippen LogP contribution in [-0.4, -0.2) is 20.7 Å². The summed E-state index contributed by atoms with van der Waals surface area (Å²) in [7, 11) is 0. The lowest BCUT2D eigenvalue weighted by molar-refractivity contribution is -0.116. The van der Waals surface area contributed by atoms with Crippen LogP contribution < -0.4 is 5.32 Å². The Morgan fingerprint density at radius 3 is 2.96 bits per heavy atom. The number of anilines is 1. The molecule has 1 atom stereocenters. The molecular formula is C22H24N4O. The first kappa shape index (κ1) is 17.5. The second-order valence-electron chi connectivity index (χ2n) is 7.14. The summed E-state index contributed by atoms with van der Waals surface area (Å²) in [5.74, 6) is 0.820. The second kappa shape index (κ2) is 7.74. The zero-order valence-corrected chi connectivity index (χ0v) is 15.6.